The molecule has 0 radical (unpaired) electrons. The predicted molar refractivity (Wildman–Crippen MR) is 112 cm³/mol. The summed E-state index contributed by atoms with van der Waals surface area (Å²) < 4.78 is 44.2. The lowest BCUT2D eigenvalue weighted by molar-refractivity contribution is -0.143. The number of halogens is 3. The zero-order chi connectivity index (χ0) is 24.7. The zero-order valence-electron chi connectivity index (χ0n) is 17.6. The van der Waals surface area contributed by atoms with Gasteiger partial charge < -0.3 is 5.32 Å². The number of hydrogen-bond donors (Lipinski definition) is 1. The summed E-state index contributed by atoms with van der Waals surface area (Å²) in [7, 11) is 1.53. The molecule has 0 fully saturated rings. The number of hydrogen-bond acceptors (Lipinski definition) is 8. The number of alkyl halides is 3. The van der Waals surface area contributed by atoms with E-state index >= 15 is 0 Å². The number of nitrogens with zero attached hydrogens (tertiary/aromatic N) is 10. The fourth-order valence-electron chi connectivity index (χ4n) is 3.47. The van der Waals surface area contributed by atoms with Gasteiger partial charge in [-0.2, -0.15) is 38.8 Å². The Labute approximate surface area is 193 Å². The van der Waals surface area contributed by atoms with Crippen molar-refractivity contribution >= 4 is 22.6 Å². The summed E-state index contributed by atoms with van der Waals surface area (Å²) >= 11 is 0. The average Bonchev–Trinajstić information content (AvgIpc) is 3.58. The van der Waals surface area contributed by atoms with Gasteiger partial charge in [0.2, 0.25) is 0 Å². The van der Waals surface area contributed by atoms with Gasteiger partial charge in [-0.05, 0) is 18.2 Å². The molecule has 0 saturated carbocycles. The third-order valence-corrected chi connectivity index (χ3v) is 4.91. The van der Waals surface area contributed by atoms with Crippen LogP contribution in [0.2, 0.25) is 0 Å². The van der Waals surface area contributed by atoms with Gasteiger partial charge in [0, 0.05) is 13.2 Å². The first-order valence-corrected chi connectivity index (χ1v) is 9.79. The maximum Gasteiger partial charge on any atom is 0.434 e. The Kier molecular flexibility index (Phi) is 4.97. The highest BCUT2D eigenvalue weighted by atomic mass is 19.4. The molecule has 0 aliphatic carbocycles. The van der Waals surface area contributed by atoms with Crippen LogP contribution in [-0.4, -0.2) is 50.4 Å². The van der Waals surface area contributed by atoms with E-state index in [0.29, 0.717) is 15.7 Å². The van der Waals surface area contributed by atoms with E-state index in [2.05, 4.69) is 35.7 Å². The van der Waals surface area contributed by atoms with Crippen molar-refractivity contribution in [3.05, 3.63) is 66.0 Å². The van der Waals surface area contributed by atoms with Crippen molar-refractivity contribution in [3.8, 4) is 17.7 Å². The molecule has 1 N–H and O–H groups in total. The molecule has 0 bridgehead atoms. The summed E-state index contributed by atoms with van der Waals surface area (Å²) in [5.74, 6) is -1.14. The first kappa shape index (κ1) is 21.7. The third-order valence-electron chi connectivity index (χ3n) is 4.91. The van der Waals surface area contributed by atoms with Crippen LogP contribution >= 0.6 is 0 Å². The number of aromatic nitrogens is 9. The second kappa shape index (κ2) is 8.02. The summed E-state index contributed by atoms with van der Waals surface area (Å²) in [6.45, 7) is 0. The molecule has 0 aliphatic rings. The number of amides is 1. The topological polar surface area (TPSA) is 145 Å². The molecule has 0 saturated heterocycles. The molecule has 1 amide bonds. The van der Waals surface area contributed by atoms with E-state index in [1.165, 1.54) is 42.6 Å². The first-order valence-electron chi connectivity index (χ1n) is 9.79. The van der Waals surface area contributed by atoms with E-state index in [4.69, 9.17) is 0 Å². The molecule has 5 rings (SSSR count). The van der Waals surface area contributed by atoms with Crippen LogP contribution in [0.5, 0.6) is 0 Å². The minimum absolute atomic E-state index is 0.00167. The number of aryl methyl sites for hydroxylation is 1. The van der Waals surface area contributed by atoms with Gasteiger partial charge in [-0.25, -0.2) is 19.3 Å². The highest BCUT2D eigenvalue weighted by molar-refractivity contribution is 6.05. The maximum atomic E-state index is 14.1. The number of carbonyl (C=O) groups is 1. The fourth-order valence-corrected chi connectivity index (χ4v) is 3.47. The number of pyridine rings is 2. The average molecular weight is 479 g/mol. The highest BCUT2D eigenvalue weighted by Gasteiger charge is 2.41. The van der Waals surface area contributed by atoms with Crippen LogP contribution in [0, 0.1) is 11.3 Å². The molecule has 0 aliphatic heterocycles. The standard InChI is InChI=1S/C20H12F3N11O/c1-32-17-13(3-2-4-25-17)18(31-32)33-15(20(21,22)23)14(10-29-33)19(35)30-12-7-11(8-24)16(26-9-12)34-27-5-6-28-34/h2-7,9-10H,1H3,(H,30,35). The van der Waals surface area contributed by atoms with E-state index in [0.717, 1.165) is 11.0 Å². The molecule has 0 spiro atoms. The van der Waals surface area contributed by atoms with Crippen molar-refractivity contribution in [2.24, 2.45) is 7.05 Å². The van der Waals surface area contributed by atoms with Crippen molar-refractivity contribution in [2.45, 2.75) is 6.18 Å². The number of nitrogens with one attached hydrogen (secondary N) is 1. The van der Waals surface area contributed by atoms with Crippen molar-refractivity contribution < 1.29 is 18.0 Å². The number of carbonyl (C=O) groups excluding carboxylic acids is 1. The van der Waals surface area contributed by atoms with Crippen LogP contribution in [0.25, 0.3) is 22.7 Å². The Morgan fingerprint density at radius 1 is 1.09 bits per heavy atom. The van der Waals surface area contributed by atoms with Crippen LogP contribution in [0.4, 0.5) is 18.9 Å². The molecule has 35 heavy (non-hydrogen) atoms. The van der Waals surface area contributed by atoms with Gasteiger partial charge in [0.25, 0.3) is 5.91 Å². The van der Waals surface area contributed by atoms with E-state index in [1.807, 2.05) is 6.07 Å². The van der Waals surface area contributed by atoms with Gasteiger partial charge in [-0.1, -0.05) is 0 Å². The second-order valence-electron chi connectivity index (χ2n) is 7.12. The molecular weight excluding hydrogens is 467 g/mol. The van der Waals surface area contributed by atoms with Gasteiger partial charge in [0.05, 0.1) is 41.4 Å². The normalized spacial score (nSPS) is 11.5. The monoisotopic (exact) mass is 479 g/mol. The number of nitriles is 1. The zero-order valence-corrected chi connectivity index (χ0v) is 17.6. The molecule has 5 aromatic rings. The Morgan fingerprint density at radius 2 is 1.86 bits per heavy atom. The first-order chi connectivity index (χ1) is 16.8. The third kappa shape index (κ3) is 3.72. The summed E-state index contributed by atoms with van der Waals surface area (Å²) in [5.41, 5.74) is -1.71. The Morgan fingerprint density at radius 3 is 2.57 bits per heavy atom. The van der Waals surface area contributed by atoms with E-state index < -0.39 is 23.3 Å². The molecule has 5 aromatic heterocycles. The van der Waals surface area contributed by atoms with Crippen molar-refractivity contribution in [3.63, 3.8) is 0 Å². The Bertz CT molecular complexity index is 1610. The predicted octanol–water partition coefficient (Wildman–Crippen LogP) is 2.27. The highest BCUT2D eigenvalue weighted by Crippen LogP contribution is 2.35. The van der Waals surface area contributed by atoms with Crippen molar-refractivity contribution in [1.82, 2.24) is 44.5 Å². The molecular formula is C20H12F3N11O. The van der Waals surface area contributed by atoms with Gasteiger partial charge >= 0.3 is 6.18 Å². The van der Waals surface area contributed by atoms with E-state index in [9.17, 15) is 23.2 Å². The number of rotatable bonds is 4. The summed E-state index contributed by atoms with van der Waals surface area (Å²) in [6.07, 6.45) is 1.28. The SMILES string of the molecule is Cn1nc(-n2ncc(C(=O)Nc3cnc(-n4nccn4)c(C#N)c3)c2C(F)(F)F)c2cccnc21. The lowest BCUT2D eigenvalue weighted by atomic mass is 10.2. The number of anilines is 1. The minimum atomic E-state index is -4.94. The van der Waals surface area contributed by atoms with Gasteiger partial charge in [-0.15, -0.1) is 4.80 Å². The van der Waals surface area contributed by atoms with Crippen molar-refractivity contribution in [1.29, 1.82) is 5.26 Å². The molecule has 0 unspecified atom stereocenters. The molecule has 174 valence electrons. The van der Waals surface area contributed by atoms with Crippen LogP contribution in [0.15, 0.2) is 49.2 Å². The van der Waals surface area contributed by atoms with Crippen LogP contribution in [0.3, 0.4) is 0 Å². The molecule has 12 nitrogen and oxygen atoms in total. The fraction of sp³-hybridized carbons (Fsp3) is 0.100. The summed E-state index contributed by atoms with van der Waals surface area (Å²) in [6, 6.07) is 6.25. The van der Waals surface area contributed by atoms with Crippen LogP contribution < -0.4 is 5.32 Å². The van der Waals surface area contributed by atoms with Gasteiger partial charge in [-0.3, -0.25) is 4.79 Å². The lowest BCUT2D eigenvalue weighted by Gasteiger charge is -2.12. The largest absolute Gasteiger partial charge is 0.434 e. The molecule has 15 heteroatoms. The second-order valence-corrected chi connectivity index (χ2v) is 7.12. The van der Waals surface area contributed by atoms with Crippen LogP contribution in [0.1, 0.15) is 21.6 Å². The maximum absolute atomic E-state index is 14.1. The number of fused-ring (bicyclic) bond motifs is 1. The van der Waals surface area contributed by atoms with Gasteiger partial charge in [0.15, 0.2) is 23.0 Å². The smallest absolute Gasteiger partial charge is 0.320 e. The van der Waals surface area contributed by atoms with Crippen molar-refractivity contribution in [2.75, 3.05) is 5.32 Å². The molecule has 0 aromatic carbocycles. The summed E-state index contributed by atoms with van der Waals surface area (Å²) in [4.78, 5) is 22.1. The quantitative estimate of drug-likeness (QED) is 0.413. The van der Waals surface area contributed by atoms with Gasteiger partial charge in [0.1, 0.15) is 11.6 Å². The molecule has 5 heterocycles. The Balaban J connectivity index is 1.54. The van der Waals surface area contributed by atoms with Crippen LogP contribution in [-0.2, 0) is 13.2 Å². The van der Waals surface area contributed by atoms with E-state index in [1.54, 1.807) is 12.1 Å². The lowest BCUT2D eigenvalue weighted by Crippen LogP contribution is -2.21. The Hall–Kier alpha value is -5.13. The minimum Gasteiger partial charge on any atom is -0.320 e. The van der Waals surface area contributed by atoms with E-state index in [-0.39, 0.29) is 22.9 Å². The summed E-state index contributed by atoms with van der Waals surface area (Å²) in [5, 5.41) is 27.7. The molecule has 0 atom stereocenters.